The van der Waals surface area contributed by atoms with E-state index in [0.29, 0.717) is 0 Å². The molecule has 0 aliphatic carbocycles. The largest absolute Gasteiger partial charge is 0.361 e. The van der Waals surface area contributed by atoms with Gasteiger partial charge in [-0.1, -0.05) is 19.1 Å². The average molecular weight is 202 g/mol. The Morgan fingerprint density at radius 2 is 2.20 bits per heavy atom. The summed E-state index contributed by atoms with van der Waals surface area (Å²) in [4.78, 5) is 3.30. The molecule has 0 saturated carbocycles. The second kappa shape index (κ2) is 4.07. The van der Waals surface area contributed by atoms with Crippen LogP contribution in [0.5, 0.6) is 0 Å². The maximum absolute atomic E-state index is 5.99. The molecule has 2 heteroatoms. The number of aromatic nitrogens is 1. The van der Waals surface area contributed by atoms with Crippen LogP contribution in [-0.4, -0.2) is 11.0 Å². The first-order valence-electron chi connectivity index (χ1n) is 5.53. The van der Waals surface area contributed by atoms with Gasteiger partial charge in [0.25, 0.3) is 0 Å². The molecule has 1 aromatic carbocycles. The normalized spacial score (nSPS) is 13.3. The number of aryl methyl sites for hydroxylation is 1. The molecule has 0 aliphatic heterocycles. The van der Waals surface area contributed by atoms with Crippen LogP contribution in [-0.2, 0) is 6.42 Å². The number of H-pyrrole nitrogens is 1. The van der Waals surface area contributed by atoms with Gasteiger partial charge < -0.3 is 10.7 Å². The van der Waals surface area contributed by atoms with Gasteiger partial charge in [-0.2, -0.15) is 0 Å². The summed E-state index contributed by atoms with van der Waals surface area (Å²) in [6, 6.07) is 6.61. The lowest BCUT2D eigenvalue weighted by Gasteiger charge is -2.08. The third-order valence-corrected chi connectivity index (χ3v) is 3.00. The van der Waals surface area contributed by atoms with Gasteiger partial charge in [-0.3, -0.25) is 0 Å². The van der Waals surface area contributed by atoms with Gasteiger partial charge in [-0.05, 0) is 37.0 Å². The minimum absolute atomic E-state index is 0.267. The minimum atomic E-state index is 0.267. The summed E-state index contributed by atoms with van der Waals surface area (Å²) in [7, 11) is 0. The Hall–Kier alpha value is -1.28. The van der Waals surface area contributed by atoms with Crippen LogP contribution >= 0.6 is 0 Å². The van der Waals surface area contributed by atoms with Crippen LogP contribution in [0.15, 0.2) is 24.4 Å². The van der Waals surface area contributed by atoms with E-state index in [9.17, 15) is 0 Å². The van der Waals surface area contributed by atoms with E-state index in [0.717, 1.165) is 12.8 Å². The summed E-state index contributed by atoms with van der Waals surface area (Å²) in [5.41, 5.74) is 9.88. The van der Waals surface area contributed by atoms with E-state index in [1.807, 2.05) is 0 Å². The van der Waals surface area contributed by atoms with E-state index in [4.69, 9.17) is 5.73 Å². The van der Waals surface area contributed by atoms with Gasteiger partial charge >= 0.3 is 0 Å². The van der Waals surface area contributed by atoms with Gasteiger partial charge in [-0.15, -0.1) is 0 Å². The molecular weight excluding hydrogens is 184 g/mol. The lowest BCUT2D eigenvalue weighted by molar-refractivity contribution is 0.648. The molecule has 0 fully saturated rings. The van der Waals surface area contributed by atoms with Crippen molar-refractivity contribution < 1.29 is 0 Å². The van der Waals surface area contributed by atoms with Crippen LogP contribution in [0, 0.1) is 6.92 Å². The highest BCUT2D eigenvalue weighted by Crippen LogP contribution is 2.23. The van der Waals surface area contributed by atoms with Crippen molar-refractivity contribution in [3.8, 4) is 0 Å². The van der Waals surface area contributed by atoms with E-state index >= 15 is 0 Å². The van der Waals surface area contributed by atoms with E-state index in [-0.39, 0.29) is 6.04 Å². The Morgan fingerprint density at radius 1 is 1.40 bits per heavy atom. The Kier molecular flexibility index (Phi) is 2.78. The third kappa shape index (κ3) is 1.90. The van der Waals surface area contributed by atoms with Gasteiger partial charge in [0.05, 0.1) is 0 Å². The van der Waals surface area contributed by atoms with Gasteiger partial charge in [0.15, 0.2) is 0 Å². The van der Waals surface area contributed by atoms with Crippen LogP contribution in [0.4, 0.5) is 0 Å². The molecule has 2 nitrogen and oxygen atoms in total. The highest BCUT2D eigenvalue weighted by atomic mass is 14.7. The number of hydrogen-bond donors (Lipinski definition) is 2. The van der Waals surface area contributed by atoms with E-state index in [2.05, 4.69) is 43.2 Å². The molecule has 0 radical (unpaired) electrons. The van der Waals surface area contributed by atoms with Crippen LogP contribution in [0.1, 0.15) is 24.5 Å². The molecule has 1 atom stereocenters. The van der Waals surface area contributed by atoms with Crippen molar-refractivity contribution >= 4 is 10.9 Å². The zero-order valence-electron chi connectivity index (χ0n) is 9.38. The first-order chi connectivity index (χ1) is 7.22. The fourth-order valence-electron chi connectivity index (χ4n) is 2.04. The first-order valence-corrected chi connectivity index (χ1v) is 5.53. The van der Waals surface area contributed by atoms with E-state index in [1.165, 1.54) is 22.0 Å². The first kappa shape index (κ1) is 10.2. The SMILES string of the molecule is CCC(N)Cc1c[nH]c2cccc(C)c12. The standard InChI is InChI=1S/C13H18N2/c1-3-11(14)7-10-8-15-12-6-4-5-9(2)13(10)12/h4-6,8,11,15H,3,7,14H2,1-2H3. The number of nitrogens with two attached hydrogens (primary N) is 1. The van der Waals surface area contributed by atoms with Crippen molar-refractivity contribution in [1.82, 2.24) is 4.98 Å². The van der Waals surface area contributed by atoms with Crippen molar-refractivity contribution in [2.24, 2.45) is 5.73 Å². The summed E-state index contributed by atoms with van der Waals surface area (Å²) in [6.07, 6.45) is 4.08. The Balaban J connectivity index is 2.43. The second-order valence-corrected chi connectivity index (χ2v) is 4.18. The maximum atomic E-state index is 5.99. The predicted molar refractivity (Wildman–Crippen MR) is 65.0 cm³/mol. The van der Waals surface area contributed by atoms with Crippen molar-refractivity contribution in [3.63, 3.8) is 0 Å². The predicted octanol–water partition coefficient (Wildman–Crippen LogP) is 2.76. The number of hydrogen-bond acceptors (Lipinski definition) is 1. The molecule has 1 aromatic heterocycles. The number of nitrogens with one attached hydrogen (secondary N) is 1. The topological polar surface area (TPSA) is 41.8 Å². The lowest BCUT2D eigenvalue weighted by Crippen LogP contribution is -2.21. The third-order valence-electron chi connectivity index (χ3n) is 3.00. The summed E-state index contributed by atoms with van der Waals surface area (Å²) in [6.45, 7) is 4.28. The molecule has 0 aliphatic rings. The van der Waals surface area contributed by atoms with Gasteiger partial charge in [0.2, 0.25) is 0 Å². The number of rotatable bonds is 3. The smallest absolute Gasteiger partial charge is 0.0459 e. The van der Waals surface area contributed by atoms with Gasteiger partial charge in [0, 0.05) is 23.1 Å². The van der Waals surface area contributed by atoms with Gasteiger partial charge in [-0.25, -0.2) is 0 Å². The number of aromatic amines is 1. The van der Waals surface area contributed by atoms with Crippen molar-refractivity contribution in [1.29, 1.82) is 0 Å². The van der Waals surface area contributed by atoms with E-state index < -0.39 is 0 Å². The van der Waals surface area contributed by atoms with Crippen LogP contribution in [0.2, 0.25) is 0 Å². The summed E-state index contributed by atoms with van der Waals surface area (Å²) in [5.74, 6) is 0. The van der Waals surface area contributed by atoms with Crippen LogP contribution in [0.25, 0.3) is 10.9 Å². The molecule has 80 valence electrons. The van der Waals surface area contributed by atoms with Crippen molar-refractivity contribution in [2.75, 3.05) is 0 Å². The zero-order chi connectivity index (χ0) is 10.8. The molecule has 0 spiro atoms. The number of benzene rings is 1. The van der Waals surface area contributed by atoms with Crippen molar-refractivity contribution in [3.05, 3.63) is 35.5 Å². The molecule has 3 N–H and O–H groups in total. The Labute approximate surface area is 90.5 Å². The van der Waals surface area contributed by atoms with Crippen LogP contribution < -0.4 is 5.73 Å². The molecule has 2 rings (SSSR count). The molecule has 2 aromatic rings. The summed E-state index contributed by atoms with van der Waals surface area (Å²) < 4.78 is 0. The summed E-state index contributed by atoms with van der Waals surface area (Å²) in [5, 5.41) is 1.35. The maximum Gasteiger partial charge on any atom is 0.0459 e. The molecular formula is C13H18N2. The second-order valence-electron chi connectivity index (χ2n) is 4.18. The highest BCUT2D eigenvalue weighted by molar-refractivity contribution is 5.86. The molecule has 0 saturated heterocycles. The number of fused-ring (bicyclic) bond motifs is 1. The fraction of sp³-hybridized carbons (Fsp3) is 0.385. The average Bonchev–Trinajstić information content (AvgIpc) is 2.63. The monoisotopic (exact) mass is 202 g/mol. The van der Waals surface area contributed by atoms with Crippen molar-refractivity contribution in [2.45, 2.75) is 32.7 Å². The van der Waals surface area contributed by atoms with Crippen LogP contribution in [0.3, 0.4) is 0 Å². The van der Waals surface area contributed by atoms with Gasteiger partial charge in [0.1, 0.15) is 0 Å². The summed E-state index contributed by atoms with van der Waals surface area (Å²) >= 11 is 0. The minimum Gasteiger partial charge on any atom is -0.361 e. The Morgan fingerprint density at radius 3 is 2.93 bits per heavy atom. The molecule has 15 heavy (non-hydrogen) atoms. The van der Waals surface area contributed by atoms with E-state index in [1.54, 1.807) is 0 Å². The molecule has 1 heterocycles. The lowest BCUT2D eigenvalue weighted by atomic mass is 10.0. The fourth-order valence-corrected chi connectivity index (χ4v) is 2.04. The zero-order valence-corrected chi connectivity index (χ0v) is 9.38. The molecule has 0 amide bonds. The molecule has 1 unspecified atom stereocenters. The quantitative estimate of drug-likeness (QED) is 0.789. The Bertz CT molecular complexity index is 457. The highest BCUT2D eigenvalue weighted by Gasteiger charge is 2.08. The molecule has 0 bridgehead atoms.